The summed E-state index contributed by atoms with van der Waals surface area (Å²) in [6, 6.07) is 20.9. The molecular formula is C23H20N2O4. The van der Waals surface area contributed by atoms with E-state index in [1.165, 1.54) is 0 Å². The third-order valence-electron chi connectivity index (χ3n) is 4.95. The fraction of sp³-hybridized carbons (Fsp3) is 0.130. The molecule has 6 nitrogen and oxygen atoms in total. The van der Waals surface area contributed by atoms with Gasteiger partial charge >= 0.3 is 0 Å². The number of ether oxygens (including phenoxy) is 2. The first-order valence-electron chi connectivity index (χ1n) is 9.11. The zero-order valence-corrected chi connectivity index (χ0v) is 16.1. The van der Waals surface area contributed by atoms with Crippen molar-refractivity contribution in [3.8, 4) is 22.6 Å². The molecule has 0 bridgehead atoms. The number of hydrogen-bond donors (Lipinski definition) is 1. The van der Waals surface area contributed by atoms with E-state index < -0.39 is 0 Å². The van der Waals surface area contributed by atoms with Crippen molar-refractivity contribution in [2.24, 2.45) is 5.16 Å². The van der Waals surface area contributed by atoms with Gasteiger partial charge in [-0.25, -0.2) is 0 Å². The Labute approximate surface area is 168 Å². The van der Waals surface area contributed by atoms with Gasteiger partial charge in [-0.05, 0) is 34.9 Å². The molecule has 0 aromatic heterocycles. The standard InChI is InChI=1S/C23H20N2O4/c1-28-17-11-15(12-18(13-17)29-2)14-25-20-10-6-9-19(16-7-4-3-5-8-16)21(20)22(24-27)23(25)26/h3-13,27H,14H2,1-2H3/b24-22-. The highest BCUT2D eigenvalue weighted by molar-refractivity contribution is 6.55. The first-order chi connectivity index (χ1) is 14.2. The Morgan fingerprint density at radius 2 is 1.62 bits per heavy atom. The minimum Gasteiger partial charge on any atom is -0.497 e. The summed E-state index contributed by atoms with van der Waals surface area (Å²) in [5, 5.41) is 12.9. The number of hydrogen-bond acceptors (Lipinski definition) is 5. The molecule has 4 rings (SSSR count). The first kappa shape index (κ1) is 18.6. The van der Waals surface area contributed by atoms with Gasteiger partial charge in [0.05, 0.1) is 26.5 Å². The van der Waals surface area contributed by atoms with Crippen LogP contribution in [-0.4, -0.2) is 31.0 Å². The number of carbonyl (C=O) groups excluding carboxylic acids is 1. The van der Waals surface area contributed by atoms with Gasteiger partial charge in [-0.2, -0.15) is 0 Å². The molecule has 3 aromatic rings. The van der Waals surface area contributed by atoms with Crippen molar-refractivity contribution in [3.05, 3.63) is 77.9 Å². The number of fused-ring (bicyclic) bond motifs is 1. The molecule has 0 saturated carbocycles. The van der Waals surface area contributed by atoms with Crippen LogP contribution in [0.4, 0.5) is 5.69 Å². The van der Waals surface area contributed by atoms with Crippen LogP contribution < -0.4 is 14.4 Å². The van der Waals surface area contributed by atoms with Crippen molar-refractivity contribution < 1.29 is 19.5 Å². The average molecular weight is 388 g/mol. The number of amides is 1. The summed E-state index contributed by atoms with van der Waals surface area (Å²) >= 11 is 0. The Balaban J connectivity index is 1.80. The highest BCUT2D eigenvalue weighted by Gasteiger charge is 2.36. The second-order valence-electron chi connectivity index (χ2n) is 6.63. The van der Waals surface area contributed by atoms with Gasteiger partial charge in [0.15, 0.2) is 5.71 Å². The van der Waals surface area contributed by atoms with E-state index in [9.17, 15) is 10.0 Å². The van der Waals surface area contributed by atoms with E-state index >= 15 is 0 Å². The van der Waals surface area contributed by atoms with Crippen molar-refractivity contribution in [2.75, 3.05) is 19.1 Å². The predicted molar refractivity (Wildman–Crippen MR) is 111 cm³/mol. The average Bonchev–Trinajstić information content (AvgIpc) is 3.04. The second-order valence-corrected chi connectivity index (χ2v) is 6.63. The number of benzene rings is 3. The zero-order chi connectivity index (χ0) is 20.4. The number of rotatable bonds is 5. The summed E-state index contributed by atoms with van der Waals surface area (Å²) in [6.07, 6.45) is 0. The zero-order valence-electron chi connectivity index (χ0n) is 16.1. The molecule has 0 unspecified atom stereocenters. The molecule has 0 aliphatic carbocycles. The van der Waals surface area contributed by atoms with Gasteiger partial charge in [0, 0.05) is 11.6 Å². The van der Waals surface area contributed by atoms with E-state index in [-0.39, 0.29) is 18.2 Å². The van der Waals surface area contributed by atoms with Crippen LogP contribution in [0.25, 0.3) is 11.1 Å². The Hall–Kier alpha value is -3.80. The second kappa shape index (κ2) is 7.67. The molecular weight excluding hydrogens is 368 g/mol. The Kier molecular flexibility index (Phi) is 4.91. The monoisotopic (exact) mass is 388 g/mol. The van der Waals surface area contributed by atoms with E-state index in [1.807, 2.05) is 60.7 Å². The first-order valence-corrected chi connectivity index (χ1v) is 9.11. The number of methoxy groups -OCH3 is 2. The summed E-state index contributed by atoms with van der Waals surface area (Å²) in [4.78, 5) is 14.7. The fourth-order valence-electron chi connectivity index (χ4n) is 3.61. The van der Waals surface area contributed by atoms with Crippen molar-refractivity contribution in [1.82, 2.24) is 0 Å². The Bertz CT molecular complexity index is 1070. The van der Waals surface area contributed by atoms with E-state index in [0.29, 0.717) is 22.7 Å². The van der Waals surface area contributed by atoms with E-state index in [4.69, 9.17) is 9.47 Å². The topological polar surface area (TPSA) is 71.4 Å². The van der Waals surface area contributed by atoms with Crippen LogP contribution in [0.2, 0.25) is 0 Å². The summed E-state index contributed by atoms with van der Waals surface area (Å²) < 4.78 is 10.7. The SMILES string of the molecule is COc1cc(CN2C(=O)/C(=N\O)c3c(-c4ccccc4)cccc32)cc(OC)c1. The van der Waals surface area contributed by atoms with Gasteiger partial charge in [-0.1, -0.05) is 47.6 Å². The summed E-state index contributed by atoms with van der Waals surface area (Å²) in [5.74, 6) is 0.924. The van der Waals surface area contributed by atoms with Gasteiger partial charge in [-0.3, -0.25) is 4.79 Å². The van der Waals surface area contributed by atoms with Gasteiger partial charge in [-0.15, -0.1) is 0 Å². The molecule has 1 aliphatic rings. The minimum absolute atomic E-state index is 0.0364. The lowest BCUT2D eigenvalue weighted by atomic mass is 9.97. The minimum atomic E-state index is -0.354. The molecule has 0 fully saturated rings. The summed E-state index contributed by atoms with van der Waals surface area (Å²) in [6.45, 7) is 0.288. The molecule has 29 heavy (non-hydrogen) atoms. The lowest BCUT2D eigenvalue weighted by molar-refractivity contribution is -0.112. The molecule has 1 N–H and O–H groups in total. The van der Waals surface area contributed by atoms with Crippen molar-refractivity contribution in [2.45, 2.75) is 6.54 Å². The molecule has 0 radical (unpaired) electrons. The molecule has 3 aromatic carbocycles. The van der Waals surface area contributed by atoms with Crippen LogP contribution >= 0.6 is 0 Å². The van der Waals surface area contributed by atoms with Crippen LogP contribution in [0.1, 0.15) is 11.1 Å². The molecule has 146 valence electrons. The van der Waals surface area contributed by atoms with E-state index in [1.54, 1.807) is 25.2 Å². The largest absolute Gasteiger partial charge is 0.497 e. The van der Waals surface area contributed by atoms with Crippen molar-refractivity contribution in [1.29, 1.82) is 0 Å². The number of anilines is 1. The van der Waals surface area contributed by atoms with Crippen molar-refractivity contribution in [3.63, 3.8) is 0 Å². The normalized spacial score (nSPS) is 14.2. The van der Waals surface area contributed by atoms with Gasteiger partial charge in [0.2, 0.25) is 0 Å². The number of oxime groups is 1. The van der Waals surface area contributed by atoms with Crippen LogP contribution in [0.5, 0.6) is 11.5 Å². The quantitative estimate of drug-likeness (QED) is 0.528. The van der Waals surface area contributed by atoms with Gasteiger partial charge < -0.3 is 19.6 Å². The van der Waals surface area contributed by atoms with E-state index in [2.05, 4.69) is 5.16 Å². The van der Waals surface area contributed by atoms with E-state index in [0.717, 1.165) is 16.7 Å². The molecule has 6 heteroatoms. The molecule has 0 saturated heterocycles. The highest BCUT2D eigenvalue weighted by Crippen LogP contribution is 2.38. The number of nitrogens with zero attached hydrogens (tertiary/aromatic N) is 2. The summed E-state index contributed by atoms with van der Waals surface area (Å²) in [7, 11) is 3.16. The van der Waals surface area contributed by atoms with Crippen LogP contribution in [0.15, 0.2) is 71.9 Å². The maximum atomic E-state index is 13.1. The predicted octanol–water partition coefficient (Wildman–Crippen LogP) is 4.10. The lowest BCUT2D eigenvalue weighted by Gasteiger charge is -2.18. The van der Waals surface area contributed by atoms with Crippen LogP contribution in [-0.2, 0) is 11.3 Å². The van der Waals surface area contributed by atoms with Crippen molar-refractivity contribution >= 4 is 17.3 Å². The lowest BCUT2D eigenvalue weighted by Crippen LogP contribution is -2.29. The Morgan fingerprint density at radius 1 is 0.931 bits per heavy atom. The number of carbonyl (C=O) groups is 1. The molecule has 1 aliphatic heterocycles. The third-order valence-corrected chi connectivity index (χ3v) is 4.95. The third kappa shape index (κ3) is 3.29. The van der Waals surface area contributed by atoms with Gasteiger partial charge in [0.25, 0.3) is 5.91 Å². The maximum Gasteiger partial charge on any atom is 0.281 e. The maximum absolute atomic E-state index is 13.1. The smallest absolute Gasteiger partial charge is 0.281 e. The molecule has 0 spiro atoms. The van der Waals surface area contributed by atoms with Crippen LogP contribution in [0.3, 0.4) is 0 Å². The molecule has 1 heterocycles. The highest BCUT2D eigenvalue weighted by atomic mass is 16.5. The Morgan fingerprint density at radius 3 is 2.24 bits per heavy atom. The van der Waals surface area contributed by atoms with Gasteiger partial charge in [0.1, 0.15) is 11.5 Å². The summed E-state index contributed by atoms with van der Waals surface area (Å²) in [5.41, 5.74) is 3.99. The fourth-order valence-corrected chi connectivity index (χ4v) is 3.61. The molecule has 0 atom stereocenters. The molecule has 1 amide bonds. The van der Waals surface area contributed by atoms with Crippen LogP contribution in [0, 0.1) is 0 Å².